The zero-order chi connectivity index (χ0) is 17.2. The summed E-state index contributed by atoms with van der Waals surface area (Å²) in [5, 5.41) is 10.3. The van der Waals surface area contributed by atoms with Gasteiger partial charge < -0.3 is 10.0 Å². The summed E-state index contributed by atoms with van der Waals surface area (Å²) in [7, 11) is 0. The maximum absolute atomic E-state index is 11.3. The smallest absolute Gasteiger partial charge is 0.308 e. The van der Waals surface area contributed by atoms with E-state index in [0.29, 0.717) is 6.54 Å². The van der Waals surface area contributed by atoms with Gasteiger partial charge in [0, 0.05) is 30.9 Å². The summed E-state index contributed by atoms with van der Waals surface area (Å²) in [6.07, 6.45) is 5.21. The van der Waals surface area contributed by atoms with Crippen LogP contribution >= 0.6 is 12.4 Å². The highest BCUT2D eigenvalue weighted by molar-refractivity contribution is 5.86. The minimum Gasteiger partial charge on any atom is -0.481 e. The predicted octanol–water partition coefficient (Wildman–Crippen LogP) is 4.02. The molecule has 5 nitrogen and oxygen atoms in total. The fraction of sp³-hybridized carbons (Fsp3) is 0.250. The van der Waals surface area contributed by atoms with Crippen molar-refractivity contribution in [1.82, 2.24) is 9.97 Å². The number of hydrogen-bond acceptors (Lipinski definition) is 4. The Labute approximate surface area is 158 Å². The van der Waals surface area contributed by atoms with Gasteiger partial charge in [-0.1, -0.05) is 6.07 Å². The van der Waals surface area contributed by atoms with Crippen LogP contribution < -0.4 is 4.90 Å². The number of carbonyl (C=O) groups is 1. The number of rotatable bonds is 3. The molecule has 6 heteroatoms. The molecule has 1 unspecified atom stereocenters. The van der Waals surface area contributed by atoms with Crippen LogP contribution in [-0.2, 0) is 4.79 Å². The van der Waals surface area contributed by atoms with E-state index in [2.05, 4.69) is 28.1 Å². The highest BCUT2D eigenvalue weighted by Gasteiger charge is 2.26. The van der Waals surface area contributed by atoms with Crippen LogP contribution in [0, 0.1) is 5.92 Å². The third kappa shape index (κ3) is 3.63. The van der Waals surface area contributed by atoms with E-state index in [1.807, 2.05) is 24.3 Å². The molecular formula is C20H20ClN3O2. The number of halogens is 1. The Hall–Kier alpha value is -2.66. The largest absolute Gasteiger partial charge is 0.481 e. The Bertz CT molecular complexity index is 917. The Morgan fingerprint density at radius 3 is 2.65 bits per heavy atom. The SMILES string of the molecule is Cl.O=C(O)C1CCCN(c2ccc3cc(-c4ccncc4)ccc3n2)C1. The summed E-state index contributed by atoms with van der Waals surface area (Å²) in [6, 6.07) is 14.2. The number of hydrogen-bond donors (Lipinski definition) is 1. The summed E-state index contributed by atoms with van der Waals surface area (Å²) < 4.78 is 0. The normalized spacial score (nSPS) is 16.9. The van der Waals surface area contributed by atoms with E-state index >= 15 is 0 Å². The van der Waals surface area contributed by atoms with Gasteiger partial charge in [0.1, 0.15) is 5.82 Å². The van der Waals surface area contributed by atoms with Gasteiger partial charge in [0.2, 0.25) is 0 Å². The molecule has 0 spiro atoms. The molecular weight excluding hydrogens is 350 g/mol. The number of carboxylic acid groups (broad SMARTS) is 1. The Kier molecular flexibility index (Phi) is 5.38. The van der Waals surface area contributed by atoms with Gasteiger partial charge in [0.25, 0.3) is 0 Å². The van der Waals surface area contributed by atoms with E-state index in [-0.39, 0.29) is 18.3 Å². The molecule has 0 bridgehead atoms. The lowest BCUT2D eigenvalue weighted by atomic mass is 9.98. The van der Waals surface area contributed by atoms with E-state index in [0.717, 1.165) is 47.2 Å². The number of nitrogens with zero attached hydrogens (tertiary/aromatic N) is 3. The van der Waals surface area contributed by atoms with Crippen molar-refractivity contribution >= 4 is 35.1 Å². The fourth-order valence-corrected chi connectivity index (χ4v) is 3.40. The van der Waals surface area contributed by atoms with E-state index in [1.165, 1.54) is 0 Å². The molecule has 0 radical (unpaired) electrons. The molecule has 3 aromatic rings. The highest BCUT2D eigenvalue weighted by Crippen LogP contribution is 2.27. The summed E-state index contributed by atoms with van der Waals surface area (Å²) in [6.45, 7) is 1.39. The first-order valence-electron chi connectivity index (χ1n) is 8.50. The minimum atomic E-state index is -0.715. The maximum Gasteiger partial charge on any atom is 0.308 e. The second-order valence-electron chi connectivity index (χ2n) is 6.44. The molecule has 3 heterocycles. The molecule has 1 N–H and O–H groups in total. The Morgan fingerprint density at radius 1 is 1.08 bits per heavy atom. The van der Waals surface area contributed by atoms with Gasteiger partial charge in [-0.25, -0.2) is 4.98 Å². The topological polar surface area (TPSA) is 66.3 Å². The van der Waals surface area contributed by atoms with Crippen molar-refractivity contribution in [2.75, 3.05) is 18.0 Å². The number of piperidine rings is 1. The van der Waals surface area contributed by atoms with Gasteiger partial charge in [0.05, 0.1) is 11.4 Å². The van der Waals surface area contributed by atoms with E-state index < -0.39 is 5.97 Å². The number of fused-ring (bicyclic) bond motifs is 1. The molecule has 1 saturated heterocycles. The van der Waals surface area contributed by atoms with Gasteiger partial charge in [-0.15, -0.1) is 12.4 Å². The van der Waals surface area contributed by atoms with Crippen molar-refractivity contribution < 1.29 is 9.90 Å². The number of aliphatic carboxylic acids is 1. The third-order valence-electron chi connectivity index (χ3n) is 4.78. The lowest BCUT2D eigenvalue weighted by Crippen LogP contribution is -2.39. The van der Waals surface area contributed by atoms with Crippen molar-refractivity contribution in [3.8, 4) is 11.1 Å². The zero-order valence-electron chi connectivity index (χ0n) is 14.2. The first-order chi connectivity index (χ1) is 12.2. The molecule has 1 atom stereocenters. The molecule has 134 valence electrons. The van der Waals surface area contributed by atoms with Gasteiger partial charge in [0.15, 0.2) is 0 Å². The summed E-state index contributed by atoms with van der Waals surface area (Å²) in [4.78, 5) is 22.1. The zero-order valence-corrected chi connectivity index (χ0v) is 15.0. The average Bonchev–Trinajstić information content (AvgIpc) is 2.68. The number of aromatic nitrogens is 2. The Balaban J connectivity index is 0.00000196. The fourth-order valence-electron chi connectivity index (χ4n) is 3.40. The number of carboxylic acids is 1. The number of anilines is 1. The average molecular weight is 370 g/mol. The monoisotopic (exact) mass is 369 g/mol. The van der Waals surface area contributed by atoms with Crippen LogP contribution in [0.5, 0.6) is 0 Å². The predicted molar refractivity (Wildman–Crippen MR) is 105 cm³/mol. The minimum absolute atomic E-state index is 0. The number of benzene rings is 1. The van der Waals surface area contributed by atoms with E-state index in [9.17, 15) is 9.90 Å². The van der Waals surface area contributed by atoms with E-state index in [4.69, 9.17) is 4.98 Å². The molecule has 2 aromatic heterocycles. The first kappa shape index (κ1) is 18.1. The van der Waals surface area contributed by atoms with Gasteiger partial charge in [-0.2, -0.15) is 0 Å². The van der Waals surface area contributed by atoms with Crippen molar-refractivity contribution in [2.45, 2.75) is 12.8 Å². The molecule has 26 heavy (non-hydrogen) atoms. The number of pyridine rings is 2. The highest BCUT2D eigenvalue weighted by atomic mass is 35.5. The molecule has 4 rings (SSSR count). The maximum atomic E-state index is 11.3. The Morgan fingerprint density at radius 2 is 1.88 bits per heavy atom. The lowest BCUT2D eigenvalue weighted by Gasteiger charge is -2.31. The third-order valence-corrected chi connectivity index (χ3v) is 4.78. The molecule has 0 aliphatic carbocycles. The van der Waals surface area contributed by atoms with Crippen LogP contribution in [0.25, 0.3) is 22.0 Å². The standard InChI is InChI=1S/C20H19N3O2.ClH/c24-20(25)17-2-1-11-23(13-17)19-6-4-16-12-15(3-5-18(16)22-19)14-7-9-21-10-8-14;/h3-10,12,17H,1-2,11,13H2,(H,24,25);1H. The van der Waals surface area contributed by atoms with Crippen LogP contribution in [0.15, 0.2) is 54.9 Å². The van der Waals surface area contributed by atoms with Crippen molar-refractivity contribution in [3.63, 3.8) is 0 Å². The molecule has 0 amide bonds. The first-order valence-corrected chi connectivity index (χ1v) is 8.50. The second-order valence-corrected chi connectivity index (χ2v) is 6.44. The molecule has 1 aromatic carbocycles. The summed E-state index contributed by atoms with van der Waals surface area (Å²) in [5.74, 6) is -0.164. The molecule has 1 aliphatic heterocycles. The van der Waals surface area contributed by atoms with Crippen LogP contribution in [0.2, 0.25) is 0 Å². The van der Waals surface area contributed by atoms with Gasteiger partial charge in [-0.3, -0.25) is 9.78 Å². The van der Waals surface area contributed by atoms with Crippen molar-refractivity contribution in [1.29, 1.82) is 0 Å². The lowest BCUT2D eigenvalue weighted by molar-refractivity contribution is -0.141. The van der Waals surface area contributed by atoms with Crippen molar-refractivity contribution in [2.24, 2.45) is 5.92 Å². The van der Waals surface area contributed by atoms with Crippen molar-refractivity contribution in [3.05, 3.63) is 54.9 Å². The van der Waals surface area contributed by atoms with Gasteiger partial charge >= 0.3 is 5.97 Å². The molecule has 1 aliphatic rings. The van der Waals surface area contributed by atoms with Crippen LogP contribution in [0.4, 0.5) is 5.82 Å². The van der Waals surface area contributed by atoms with Crippen LogP contribution in [-0.4, -0.2) is 34.1 Å². The van der Waals surface area contributed by atoms with E-state index in [1.54, 1.807) is 12.4 Å². The summed E-state index contributed by atoms with van der Waals surface area (Å²) >= 11 is 0. The molecule has 1 fully saturated rings. The quantitative estimate of drug-likeness (QED) is 0.755. The second kappa shape index (κ2) is 7.70. The summed E-state index contributed by atoms with van der Waals surface area (Å²) in [5.41, 5.74) is 3.18. The van der Waals surface area contributed by atoms with Gasteiger partial charge in [-0.05, 0) is 60.4 Å². The molecule has 0 saturated carbocycles. The van der Waals surface area contributed by atoms with Crippen LogP contribution in [0.1, 0.15) is 12.8 Å². The van der Waals surface area contributed by atoms with Crippen LogP contribution in [0.3, 0.4) is 0 Å².